The molecule has 0 saturated carbocycles. The average molecular weight is 316 g/mol. The summed E-state index contributed by atoms with van der Waals surface area (Å²) in [6.45, 7) is 7.09. The van der Waals surface area contributed by atoms with Gasteiger partial charge in [-0.15, -0.1) is 0 Å². The standard InChI is InChI=1S/C17H24N4O2/c1-17(2,3)23-16(22)21-10-7-12(8-11-21)14-13-6-5-9-18-15(13)20(4)19-14/h5-6,9,12H,7-8,10-11H2,1-4H3. The minimum atomic E-state index is -0.448. The molecule has 0 aliphatic carbocycles. The van der Waals surface area contributed by atoms with Crippen LogP contribution in [-0.2, 0) is 11.8 Å². The first-order valence-corrected chi connectivity index (χ1v) is 8.11. The molecular weight excluding hydrogens is 292 g/mol. The third-order valence-electron chi connectivity index (χ3n) is 4.16. The Labute approximate surface area is 136 Å². The smallest absolute Gasteiger partial charge is 0.410 e. The lowest BCUT2D eigenvalue weighted by atomic mass is 9.92. The van der Waals surface area contributed by atoms with E-state index in [4.69, 9.17) is 4.74 Å². The maximum atomic E-state index is 12.1. The van der Waals surface area contributed by atoms with E-state index in [9.17, 15) is 4.79 Å². The van der Waals surface area contributed by atoms with Gasteiger partial charge >= 0.3 is 6.09 Å². The molecule has 3 rings (SSSR count). The highest BCUT2D eigenvalue weighted by molar-refractivity contribution is 5.78. The van der Waals surface area contributed by atoms with Gasteiger partial charge in [0.05, 0.1) is 5.69 Å². The van der Waals surface area contributed by atoms with Gasteiger partial charge in [0.25, 0.3) is 0 Å². The van der Waals surface area contributed by atoms with E-state index in [0.29, 0.717) is 19.0 Å². The number of hydrogen-bond donors (Lipinski definition) is 0. The van der Waals surface area contributed by atoms with Crippen LogP contribution in [0.1, 0.15) is 45.2 Å². The number of aryl methyl sites for hydroxylation is 1. The van der Waals surface area contributed by atoms with Crippen molar-refractivity contribution in [3.05, 3.63) is 24.0 Å². The Bertz CT molecular complexity index is 709. The number of fused-ring (bicyclic) bond motifs is 1. The molecule has 0 unspecified atom stereocenters. The van der Waals surface area contributed by atoms with Crippen molar-refractivity contribution < 1.29 is 9.53 Å². The summed E-state index contributed by atoms with van der Waals surface area (Å²) in [7, 11) is 1.93. The van der Waals surface area contributed by atoms with E-state index in [2.05, 4.69) is 16.1 Å². The second kappa shape index (κ2) is 5.83. The summed E-state index contributed by atoms with van der Waals surface area (Å²) < 4.78 is 7.29. The molecule has 2 aromatic rings. The van der Waals surface area contributed by atoms with Gasteiger partial charge in [-0.05, 0) is 45.7 Å². The highest BCUT2D eigenvalue weighted by Gasteiger charge is 2.29. The number of ether oxygens (including phenoxy) is 1. The molecule has 0 spiro atoms. The first-order valence-electron chi connectivity index (χ1n) is 8.11. The number of hydrogen-bond acceptors (Lipinski definition) is 4. The van der Waals surface area contributed by atoms with Crippen LogP contribution in [0, 0.1) is 0 Å². The van der Waals surface area contributed by atoms with Gasteiger partial charge < -0.3 is 9.64 Å². The van der Waals surface area contributed by atoms with Gasteiger partial charge in [0.15, 0.2) is 5.65 Å². The Morgan fingerprint density at radius 1 is 1.30 bits per heavy atom. The fraction of sp³-hybridized carbons (Fsp3) is 0.588. The van der Waals surface area contributed by atoms with Gasteiger partial charge in [0, 0.05) is 37.6 Å². The fourth-order valence-corrected chi connectivity index (χ4v) is 3.08. The maximum absolute atomic E-state index is 12.1. The molecule has 1 saturated heterocycles. The number of piperidine rings is 1. The second-order valence-electron chi connectivity index (χ2n) is 7.13. The minimum Gasteiger partial charge on any atom is -0.444 e. The molecule has 0 bridgehead atoms. The Morgan fingerprint density at radius 3 is 2.65 bits per heavy atom. The third-order valence-corrected chi connectivity index (χ3v) is 4.16. The van der Waals surface area contributed by atoms with Crippen LogP contribution < -0.4 is 0 Å². The van der Waals surface area contributed by atoms with Crippen molar-refractivity contribution in [2.24, 2.45) is 7.05 Å². The molecule has 1 aliphatic rings. The number of likely N-dealkylation sites (tertiary alicyclic amines) is 1. The molecule has 0 atom stereocenters. The van der Waals surface area contributed by atoms with Crippen LogP contribution in [0.3, 0.4) is 0 Å². The van der Waals surface area contributed by atoms with E-state index in [1.165, 1.54) is 0 Å². The van der Waals surface area contributed by atoms with E-state index < -0.39 is 5.60 Å². The molecule has 1 aliphatic heterocycles. The van der Waals surface area contributed by atoms with Crippen LogP contribution in [0.5, 0.6) is 0 Å². The quantitative estimate of drug-likeness (QED) is 0.811. The minimum absolute atomic E-state index is 0.219. The van der Waals surface area contributed by atoms with Gasteiger partial charge in [-0.3, -0.25) is 4.68 Å². The molecule has 0 N–H and O–H groups in total. The fourth-order valence-electron chi connectivity index (χ4n) is 3.08. The molecular formula is C17H24N4O2. The lowest BCUT2D eigenvalue weighted by Gasteiger charge is -2.33. The Kier molecular flexibility index (Phi) is 4.00. The summed E-state index contributed by atoms with van der Waals surface area (Å²) >= 11 is 0. The SMILES string of the molecule is Cn1nc(C2CCN(C(=O)OC(C)(C)C)CC2)c2cccnc21. The second-order valence-corrected chi connectivity index (χ2v) is 7.13. The predicted octanol–water partition coefficient (Wildman–Crippen LogP) is 3.08. The van der Waals surface area contributed by atoms with Crippen molar-refractivity contribution in [1.29, 1.82) is 0 Å². The molecule has 0 radical (unpaired) electrons. The number of nitrogens with zero attached hydrogens (tertiary/aromatic N) is 4. The number of carbonyl (C=O) groups is 1. The van der Waals surface area contributed by atoms with Crippen LogP contribution in [0.15, 0.2) is 18.3 Å². The van der Waals surface area contributed by atoms with E-state index in [0.717, 1.165) is 29.6 Å². The van der Waals surface area contributed by atoms with Crippen molar-refractivity contribution in [2.75, 3.05) is 13.1 Å². The van der Waals surface area contributed by atoms with E-state index in [-0.39, 0.29) is 6.09 Å². The van der Waals surface area contributed by atoms with Gasteiger partial charge in [-0.2, -0.15) is 5.10 Å². The summed E-state index contributed by atoms with van der Waals surface area (Å²) in [5, 5.41) is 5.78. The molecule has 1 fully saturated rings. The number of pyridine rings is 1. The molecule has 0 aromatic carbocycles. The Hall–Kier alpha value is -2.11. The van der Waals surface area contributed by atoms with Crippen LogP contribution in [0.25, 0.3) is 11.0 Å². The molecule has 1 amide bonds. The predicted molar refractivity (Wildman–Crippen MR) is 88.3 cm³/mol. The van der Waals surface area contributed by atoms with Gasteiger partial charge in [-0.25, -0.2) is 9.78 Å². The van der Waals surface area contributed by atoms with Crippen molar-refractivity contribution in [1.82, 2.24) is 19.7 Å². The zero-order valence-electron chi connectivity index (χ0n) is 14.2. The largest absolute Gasteiger partial charge is 0.444 e. The average Bonchev–Trinajstić information content (AvgIpc) is 2.83. The van der Waals surface area contributed by atoms with Crippen molar-refractivity contribution >= 4 is 17.1 Å². The van der Waals surface area contributed by atoms with Crippen LogP contribution in [0.2, 0.25) is 0 Å². The monoisotopic (exact) mass is 316 g/mol. The van der Waals surface area contributed by atoms with E-state index in [1.807, 2.05) is 38.6 Å². The highest BCUT2D eigenvalue weighted by Crippen LogP contribution is 2.32. The van der Waals surface area contributed by atoms with Crippen molar-refractivity contribution in [3.8, 4) is 0 Å². The van der Waals surface area contributed by atoms with Gasteiger partial charge in [0.2, 0.25) is 0 Å². The topological polar surface area (TPSA) is 60.2 Å². The number of aromatic nitrogens is 3. The summed E-state index contributed by atoms with van der Waals surface area (Å²) in [4.78, 5) is 18.3. The number of carbonyl (C=O) groups excluding carboxylic acids is 1. The van der Waals surface area contributed by atoms with Gasteiger partial charge in [-0.1, -0.05) is 0 Å². The zero-order valence-corrected chi connectivity index (χ0v) is 14.2. The first-order chi connectivity index (χ1) is 10.8. The van der Waals surface area contributed by atoms with Crippen molar-refractivity contribution in [3.63, 3.8) is 0 Å². The zero-order chi connectivity index (χ0) is 16.6. The molecule has 23 heavy (non-hydrogen) atoms. The summed E-state index contributed by atoms with van der Waals surface area (Å²) in [6, 6.07) is 4.02. The normalized spacial score (nSPS) is 16.8. The van der Waals surface area contributed by atoms with E-state index >= 15 is 0 Å². The molecule has 3 heterocycles. The lowest BCUT2D eigenvalue weighted by Crippen LogP contribution is -2.41. The molecule has 124 valence electrons. The number of rotatable bonds is 1. The van der Waals surface area contributed by atoms with Crippen molar-refractivity contribution in [2.45, 2.75) is 45.1 Å². The summed E-state index contributed by atoms with van der Waals surface area (Å²) in [5.41, 5.74) is 1.56. The Morgan fingerprint density at radius 2 is 2.00 bits per heavy atom. The summed E-state index contributed by atoms with van der Waals surface area (Å²) in [6.07, 6.45) is 3.38. The molecule has 2 aromatic heterocycles. The first kappa shape index (κ1) is 15.8. The maximum Gasteiger partial charge on any atom is 0.410 e. The Balaban J connectivity index is 1.70. The van der Waals surface area contributed by atoms with E-state index in [1.54, 1.807) is 11.1 Å². The molecule has 6 nitrogen and oxygen atoms in total. The molecule has 6 heteroatoms. The van der Waals surface area contributed by atoms with Crippen LogP contribution in [-0.4, -0.2) is 44.4 Å². The summed E-state index contributed by atoms with van der Waals surface area (Å²) in [5.74, 6) is 0.363. The van der Waals surface area contributed by atoms with Crippen LogP contribution >= 0.6 is 0 Å². The van der Waals surface area contributed by atoms with Gasteiger partial charge in [0.1, 0.15) is 5.60 Å². The lowest BCUT2D eigenvalue weighted by molar-refractivity contribution is 0.0204. The number of amides is 1. The third kappa shape index (κ3) is 3.30. The van der Waals surface area contributed by atoms with Crippen LogP contribution in [0.4, 0.5) is 4.79 Å². The highest BCUT2D eigenvalue weighted by atomic mass is 16.6.